The predicted octanol–water partition coefficient (Wildman–Crippen LogP) is 4.45. The van der Waals surface area contributed by atoms with Gasteiger partial charge in [0.25, 0.3) is 0 Å². The van der Waals surface area contributed by atoms with Crippen molar-refractivity contribution in [3.8, 4) is 0 Å². The second-order valence-corrected chi connectivity index (χ2v) is 6.72. The molecule has 0 aliphatic carbocycles. The first-order chi connectivity index (χ1) is 12.3. The van der Waals surface area contributed by atoms with Crippen LogP contribution >= 0.6 is 0 Å². The Morgan fingerprint density at radius 1 is 1.08 bits per heavy atom. The molecule has 5 heteroatoms. The maximum Gasteiger partial charge on any atom is 0.196 e. The smallest absolute Gasteiger partial charge is 0.196 e. The van der Waals surface area contributed by atoms with Gasteiger partial charge in [-0.2, -0.15) is 0 Å². The summed E-state index contributed by atoms with van der Waals surface area (Å²) in [5.74, 6) is 0.909. The van der Waals surface area contributed by atoms with Crippen molar-refractivity contribution in [1.82, 2.24) is 14.5 Å². The topological polar surface area (TPSA) is 47.1 Å². The number of para-hydroxylation sites is 1. The van der Waals surface area contributed by atoms with Gasteiger partial charge < -0.3 is 13.9 Å². The van der Waals surface area contributed by atoms with Crippen molar-refractivity contribution in [2.24, 2.45) is 7.05 Å². The summed E-state index contributed by atoms with van der Waals surface area (Å²) in [6.45, 7) is 0.985. The molecule has 1 aliphatic rings. The Balaban J connectivity index is 1.69. The van der Waals surface area contributed by atoms with E-state index >= 15 is 0 Å². The van der Waals surface area contributed by atoms with Crippen molar-refractivity contribution in [2.45, 2.75) is 25.3 Å². The van der Waals surface area contributed by atoms with Crippen molar-refractivity contribution >= 4 is 27.9 Å². The minimum absolute atomic E-state index is 0.320. The van der Waals surface area contributed by atoms with Gasteiger partial charge in [0.2, 0.25) is 0 Å². The molecule has 4 heterocycles. The summed E-state index contributed by atoms with van der Waals surface area (Å²) in [6, 6.07) is 12.7. The van der Waals surface area contributed by atoms with Crippen LogP contribution in [0.5, 0.6) is 0 Å². The third kappa shape index (κ3) is 2.22. The Kier molecular flexibility index (Phi) is 3.26. The van der Waals surface area contributed by atoms with Gasteiger partial charge in [0.05, 0.1) is 6.04 Å². The minimum Gasteiger partial charge on any atom is -0.450 e. The second kappa shape index (κ2) is 5.62. The van der Waals surface area contributed by atoms with Crippen LogP contribution in [0.4, 0.5) is 5.82 Å². The van der Waals surface area contributed by atoms with Crippen molar-refractivity contribution in [3.63, 3.8) is 0 Å². The fourth-order valence-corrected chi connectivity index (χ4v) is 4.03. The van der Waals surface area contributed by atoms with Crippen LogP contribution in [0.2, 0.25) is 0 Å². The van der Waals surface area contributed by atoms with E-state index in [9.17, 15) is 0 Å². The lowest BCUT2D eigenvalue weighted by Gasteiger charge is -2.36. The number of hydrogen-bond acceptors (Lipinski definition) is 4. The quantitative estimate of drug-likeness (QED) is 0.544. The Bertz CT molecular complexity index is 1050. The highest BCUT2D eigenvalue weighted by molar-refractivity contribution is 6.05. The minimum atomic E-state index is 0.320. The molecule has 1 atom stereocenters. The number of aryl methyl sites for hydroxylation is 1. The van der Waals surface area contributed by atoms with Gasteiger partial charge in [0.1, 0.15) is 17.4 Å². The number of anilines is 1. The number of benzene rings is 1. The van der Waals surface area contributed by atoms with Gasteiger partial charge >= 0.3 is 0 Å². The lowest BCUT2D eigenvalue weighted by molar-refractivity contribution is 0.452. The summed E-state index contributed by atoms with van der Waals surface area (Å²) < 4.78 is 8.37. The van der Waals surface area contributed by atoms with Crippen LogP contribution < -0.4 is 4.90 Å². The first-order valence-corrected chi connectivity index (χ1v) is 8.83. The van der Waals surface area contributed by atoms with E-state index in [1.54, 1.807) is 6.33 Å². The van der Waals surface area contributed by atoms with E-state index in [1.807, 2.05) is 18.2 Å². The first kappa shape index (κ1) is 14.5. The molecule has 0 N–H and O–H groups in total. The highest BCUT2D eigenvalue weighted by Crippen LogP contribution is 2.39. The van der Waals surface area contributed by atoms with Gasteiger partial charge in [-0.05, 0) is 43.5 Å². The SMILES string of the molecule is Cn1cccc1[C@H]1CCCCN1c1ncnc2c1oc1ccccc12. The Morgan fingerprint density at radius 2 is 2.00 bits per heavy atom. The number of piperidine rings is 1. The van der Waals surface area contributed by atoms with Gasteiger partial charge in [0.15, 0.2) is 11.4 Å². The molecule has 5 nitrogen and oxygen atoms in total. The van der Waals surface area contributed by atoms with E-state index < -0.39 is 0 Å². The maximum absolute atomic E-state index is 6.16. The third-order valence-electron chi connectivity index (χ3n) is 5.24. The van der Waals surface area contributed by atoms with Crippen molar-refractivity contribution in [2.75, 3.05) is 11.4 Å². The Morgan fingerprint density at radius 3 is 2.88 bits per heavy atom. The summed E-state index contributed by atoms with van der Waals surface area (Å²) in [4.78, 5) is 11.5. The molecule has 1 saturated heterocycles. The summed E-state index contributed by atoms with van der Waals surface area (Å²) in [5, 5.41) is 1.05. The molecule has 1 aliphatic heterocycles. The summed E-state index contributed by atoms with van der Waals surface area (Å²) >= 11 is 0. The molecule has 5 rings (SSSR count). The molecular weight excluding hydrogens is 312 g/mol. The molecule has 0 amide bonds. The summed E-state index contributed by atoms with van der Waals surface area (Å²) in [5.41, 5.74) is 3.89. The number of aromatic nitrogens is 3. The monoisotopic (exact) mass is 332 g/mol. The molecule has 0 spiro atoms. The zero-order chi connectivity index (χ0) is 16.8. The molecule has 126 valence electrons. The molecule has 25 heavy (non-hydrogen) atoms. The van der Waals surface area contributed by atoms with Gasteiger partial charge in [0, 0.05) is 30.9 Å². The highest BCUT2D eigenvalue weighted by Gasteiger charge is 2.29. The van der Waals surface area contributed by atoms with Crippen molar-refractivity contribution < 1.29 is 4.42 Å². The normalized spacial score (nSPS) is 18.3. The van der Waals surface area contributed by atoms with Gasteiger partial charge in [-0.1, -0.05) is 12.1 Å². The summed E-state index contributed by atoms with van der Waals surface area (Å²) in [6.07, 6.45) is 7.31. The number of hydrogen-bond donors (Lipinski definition) is 0. The van der Waals surface area contributed by atoms with Crippen molar-refractivity contribution in [3.05, 3.63) is 54.6 Å². The molecule has 0 bridgehead atoms. The molecule has 1 aromatic carbocycles. The van der Waals surface area contributed by atoms with E-state index in [2.05, 4.69) is 50.9 Å². The van der Waals surface area contributed by atoms with E-state index in [-0.39, 0.29) is 0 Å². The van der Waals surface area contributed by atoms with Crippen LogP contribution in [-0.4, -0.2) is 21.1 Å². The van der Waals surface area contributed by atoms with Crippen LogP contribution in [0, 0.1) is 0 Å². The molecule has 4 aromatic rings. The fourth-order valence-electron chi connectivity index (χ4n) is 4.03. The predicted molar refractivity (Wildman–Crippen MR) is 98.7 cm³/mol. The first-order valence-electron chi connectivity index (χ1n) is 8.83. The average molecular weight is 332 g/mol. The Labute approximate surface area is 145 Å². The second-order valence-electron chi connectivity index (χ2n) is 6.72. The number of furan rings is 1. The van der Waals surface area contributed by atoms with Crippen LogP contribution in [0.1, 0.15) is 31.0 Å². The lowest BCUT2D eigenvalue weighted by Crippen LogP contribution is -2.35. The van der Waals surface area contributed by atoms with E-state index in [1.165, 1.54) is 18.5 Å². The third-order valence-corrected chi connectivity index (χ3v) is 5.24. The molecule has 0 unspecified atom stereocenters. The zero-order valence-corrected chi connectivity index (χ0v) is 14.2. The van der Waals surface area contributed by atoms with E-state index in [4.69, 9.17) is 4.42 Å². The van der Waals surface area contributed by atoms with Crippen LogP contribution in [-0.2, 0) is 7.05 Å². The molecule has 3 aromatic heterocycles. The Hall–Kier alpha value is -2.82. The molecule has 1 fully saturated rings. The van der Waals surface area contributed by atoms with Gasteiger partial charge in [-0.25, -0.2) is 9.97 Å². The standard InChI is InChI=1S/C20H20N4O/c1-23-11-6-9-15(23)16-8-4-5-12-24(16)20-19-18(21-13-22-20)14-7-2-3-10-17(14)25-19/h2-3,6-7,9-11,13,16H,4-5,8,12H2,1H3/t16-/m1/s1. The van der Waals surface area contributed by atoms with Crippen LogP contribution in [0.3, 0.4) is 0 Å². The molecule has 0 radical (unpaired) electrons. The van der Waals surface area contributed by atoms with Crippen LogP contribution in [0.25, 0.3) is 22.1 Å². The van der Waals surface area contributed by atoms with Crippen LogP contribution in [0.15, 0.2) is 53.3 Å². The molecular formula is C20H20N4O. The maximum atomic E-state index is 6.16. The van der Waals surface area contributed by atoms with Gasteiger partial charge in [-0.15, -0.1) is 0 Å². The fraction of sp³-hybridized carbons (Fsp3) is 0.300. The van der Waals surface area contributed by atoms with E-state index in [0.717, 1.165) is 40.9 Å². The average Bonchev–Trinajstić information content (AvgIpc) is 3.25. The largest absolute Gasteiger partial charge is 0.450 e. The summed E-state index contributed by atoms with van der Waals surface area (Å²) in [7, 11) is 2.11. The zero-order valence-electron chi connectivity index (χ0n) is 14.2. The van der Waals surface area contributed by atoms with Gasteiger partial charge in [-0.3, -0.25) is 0 Å². The van der Waals surface area contributed by atoms with E-state index in [0.29, 0.717) is 6.04 Å². The number of nitrogens with zero attached hydrogens (tertiary/aromatic N) is 4. The highest BCUT2D eigenvalue weighted by atomic mass is 16.3. The number of rotatable bonds is 2. The van der Waals surface area contributed by atoms with Crippen molar-refractivity contribution in [1.29, 1.82) is 0 Å². The number of fused-ring (bicyclic) bond motifs is 3. The lowest BCUT2D eigenvalue weighted by atomic mass is 9.99. The molecule has 0 saturated carbocycles.